The molecule has 1 aliphatic carbocycles. The monoisotopic (exact) mass is 1200 g/mol. The number of amides is 3. The highest BCUT2D eigenvalue weighted by molar-refractivity contribution is 6.23. The number of nitrogens with one attached hydrogen (secondary N) is 3. The van der Waals surface area contributed by atoms with Crippen LogP contribution >= 0.6 is 0 Å². The number of carbonyl (C=O) groups excluding carboxylic acids is 5. The molecule has 5 atom stereocenters. The molecule has 6 heterocycles. The van der Waals surface area contributed by atoms with E-state index in [1.54, 1.807) is 23.0 Å². The van der Waals surface area contributed by atoms with Crippen LogP contribution in [0.3, 0.4) is 0 Å². The number of fused-ring (bicyclic) bond motifs is 3. The number of anilines is 1. The molecule has 87 heavy (non-hydrogen) atoms. The van der Waals surface area contributed by atoms with Gasteiger partial charge in [-0.2, -0.15) is 0 Å². The Labute approximate surface area is 511 Å². The maximum Gasteiger partial charge on any atom is 0.262 e. The number of H-pyrrole nitrogens is 1. The van der Waals surface area contributed by atoms with Crippen molar-refractivity contribution in [3.63, 3.8) is 0 Å². The average Bonchev–Trinajstić information content (AvgIpc) is 1.73. The van der Waals surface area contributed by atoms with Crippen molar-refractivity contribution in [3.05, 3.63) is 89.4 Å². The van der Waals surface area contributed by atoms with E-state index in [0.29, 0.717) is 143 Å². The normalized spacial score (nSPS) is 21.4. The number of unbranched alkanes of at least 4 members (excludes halogenated alkanes) is 4. The number of hydrogen-bond donors (Lipinski definition) is 5. The predicted octanol–water partition coefficient (Wildman–Crippen LogP) is 8.65. The Kier molecular flexibility index (Phi) is 23.0. The molecule has 3 amide bonds. The number of aromatic nitrogens is 6. The third-order valence-corrected chi connectivity index (χ3v) is 17.6. The third-order valence-electron chi connectivity index (χ3n) is 17.6. The summed E-state index contributed by atoms with van der Waals surface area (Å²) in [4.78, 5) is 89.2. The van der Waals surface area contributed by atoms with Gasteiger partial charge in [0.05, 0.1) is 54.9 Å². The van der Waals surface area contributed by atoms with E-state index < -0.39 is 42.4 Å². The van der Waals surface area contributed by atoms with E-state index in [2.05, 4.69) is 94.9 Å². The molecule has 3 fully saturated rings. The van der Waals surface area contributed by atoms with Gasteiger partial charge in [-0.1, -0.05) is 45.9 Å². The number of imide groups is 1. The molecule has 21 heteroatoms. The van der Waals surface area contributed by atoms with Gasteiger partial charge < -0.3 is 44.8 Å². The molecule has 2 saturated heterocycles. The van der Waals surface area contributed by atoms with Gasteiger partial charge in [0.1, 0.15) is 48.1 Å². The van der Waals surface area contributed by atoms with Crippen LogP contribution < -0.4 is 10.6 Å². The number of benzene rings is 2. The number of aryl methyl sites for hydroxylation is 2. The lowest BCUT2D eigenvalue weighted by Crippen LogP contribution is -2.52. The first-order valence-electron chi connectivity index (χ1n) is 31.9. The molecule has 472 valence electrons. The maximum absolute atomic E-state index is 13.1. The standard InChI is InChI=1S/C66H92N10O11/c1-42(2)74(47-35-45(36-47)22-27-56-72-52-25-23-46(66(4,5)6)38-53(52)73-56)39-55-58(79)59(80)65(87-55)75-41-70-57-60(68-40-69-61(57)75)67-28-11-7-8-16-48(77)18-14-19-49(78)17-10-13-30-85-32-34-86-33-31-84-29-12-9-15-44-21-24-50-51(37-44)64(83)76(63(50)82)54-26-20-43(3)71-62(54)81/h21,23-25,37-38,40-42,45,47,54-55,58-59,65,79-80H,3,7-20,22,26-36,39H2,1-2,4-6H3,(H,71,81)(H,72,73)(H,67,68,69)/t45?,47?,54?,55-,58?,59+,65-/m1/s1. The molecule has 5 aromatic rings. The predicted molar refractivity (Wildman–Crippen MR) is 330 cm³/mol. The van der Waals surface area contributed by atoms with Crippen LogP contribution in [0.1, 0.15) is 188 Å². The number of aromatic amines is 1. The summed E-state index contributed by atoms with van der Waals surface area (Å²) in [7, 11) is 0. The zero-order valence-electron chi connectivity index (χ0n) is 51.7. The van der Waals surface area contributed by atoms with Gasteiger partial charge in [0.2, 0.25) is 5.91 Å². The molecule has 1 saturated carbocycles. The van der Waals surface area contributed by atoms with Crippen molar-refractivity contribution < 1.29 is 53.1 Å². The van der Waals surface area contributed by atoms with Crippen LogP contribution in [0.15, 0.2) is 61.3 Å². The molecular formula is C66H92N10O11. The second-order valence-corrected chi connectivity index (χ2v) is 25.5. The van der Waals surface area contributed by atoms with Gasteiger partial charge in [-0.3, -0.25) is 38.3 Å². The summed E-state index contributed by atoms with van der Waals surface area (Å²) in [5, 5.41) is 28.7. The first-order chi connectivity index (χ1) is 41.9. The first kappa shape index (κ1) is 65.1. The lowest BCUT2D eigenvalue weighted by molar-refractivity contribution is -0.125. The van der Waals surface area contributed by atoms with Crippen LogP contribution in [0.5, 0.6) is 0 Å². The molecule has 5 N–H and O–H groups in total. The number of piperidine rings is 1. The van der Waals surface area contributed by atoms with Crippen LogP contribution in [0, 0.1) is 5.92 Å². The molecule has 0 bridgehead atoms. The summed E-state index contributed by atoms with van der Waals surface area (Å²) in [5.41, 5.74) is 6.75. The number of allylic oxidation sites excluding steroid dienone is 1. The number of aliphatic hydroxyl groups is 2. The molecule has 0 radical (unpaired) electrons. The number of Topliss-reactive ketones (excluding diaryl/α,β-unsaturated/α-hetero) is 2. The summed E-state index contributed by atoms with van der Waals surface area (Å²) in [6, 6.07) is 11.6. The fourth-order valence-corrected chi connectivity index (χ4v) is 12.4. The van der Waals surface area contributed by atoms with Crippen molar-refractivity contribution in [2.45, 2.75) is 205 Å². The Morgan fingerprint density at radius 2 is 1.49 bits per heavy atom. The van der Waals surface area contributed by atoms with E-state index in [4.69, 9.17) is 23.9 Å². The minimum Gasteiger partial charge on any atom is -0.387 e. The first-order valence-corrected chi connectivity index (χ1v) is 31.9. The summed E-state index contributed by atoms with van der Waals surface area (Å²) in [6.07, 6.45) is 13.0. The number of aliphatic hydroxyl groups excluding tert-OH is 2. The van der Waals surface area contributed by atoms with Crippen molar-refractivity contribution in [3.8, 4) is 0 Å². The number of carbonyl (C=O) groups is 5. The molecule has 0 spiro atoms. The zero-order chi connectivity index (χ0) is 61.6. The average molecular weight is 1200 g/mol. The van der Waals surface area contributed by atoms with Crippen molar-refractivity contribution in [2.75, 3.05) is 58.0 Å². The van der Waals surface area contributed by atoms with Crippen LogP contribution in [-0.4, -0.2) is 168 Å². The van der Waals surface area contributed by atoms with Gasteiger partial charge in [-0.25, -0.2) is 19.9 Å². The molecule has 4 aliphatic rings. The molecular weight excluding hydrogens is 1110 g/mol. The van der Waals surface area contributed by atoms with Crippen LogP contribution in [0.2, 0.25) is 0 Å². The second-order valence-electron chi connectivity index (χ2n) is 25.5. The summed E-state index contributed by atoms with van der Waals surface area (Å²) >= 11 is 0. The highest BCUT2D eigenvalue weighted by Gasteiger charge is 2.47. The van der Waals surface area contributed by atoms with Crippen LogP contribution in [-0.2, 0) is 51.6 Å². The molecule has 3 aliphatic heterocycles. The Bertz CT molecular complexity index is 3160. The molecule has 9 rings (SSSR count). The quantitative estimate of drug-likeness (QED) is 0.0185. The van der Waals surface area contributed by atoms with Gasteiger partial charge in [-0.15, -0.1) is 0 Å². The SMILES string of the molecule is C=C1CCC(N2C(=O)c3ccc(CCCCOCCOCCOCCCCC(=O)CCCC(=O)CCCCCNc4ncnc5c4ncn5[C@@H]4O[C@H](CN(C(C)C)C5CC(CCc6nc7ccc(C(C)(C)C)cc7[nH]6)C5)C(O)[C@@H]4O)cc3C2=O)C(=O)N1. The molecule has 2 aromatic carbocycles. The highest BCUT2D eigenvalue weighted by atomic mass is 16.6. The number of hydrogen-bond acceptors (Lipinski definition) is 17. The largest absolute Gasteiger partial charge is 0.387 e. The lowest BCUT2D eigenvalue weighted by atomic mass is 9.76. The van der Waals surface area contributed by atoms with Crippen molar-refractivity contribution in [1.29, 1.82) is 0 Å². The second kappa shape index (κ2) is 30.7. The number of ether oxygens (including phenoxy) is 4. The van der Waals surface area contributed by atoms with Gasteiger partial charge in [-0.05, 0) is 144 Å². The number of ketones is 2. The van der Waals surface area contributed by atoms with Gasteiger partial charge in [0.15, 0.2) is 23.2 Å². The van der Waals surface area contributed by atoms with E-state index in [9.17, 15) is 34.2 Å². The Morgan fingerprint density at radius 3 is 2.21 bits per heavy atom. The van der Waals surface area contributed by atoms with Gasteiger partial charge >= 0.3 is 0 Å². The van der Waals surface area contributed by atoms with Crippen LogP contribution in [0.4, 0.5) is 5.82 Å². The smallest absolute Gasteiger partial charge is 0.262 e. The molecule has 21 nitrogen and oxygen atoms in total. The van der Waals surface area contributed by atoms with E-state index in [1.165, 1.54) is 11.9 Å². The summed E-state index contributed by atoms with van der Waals surface area (Å²) < 4.78 is 25.1. The molecule has 2 unspecified atom stereocenters. The van der Waals surface area contributed by atoms with Crippen molar-refractivity contribution in [1.82, 2.24) is 44.6 Å². The number of imidazole rings is 2. The third kappa shape index (κ3) is 17.1. The zero-order valence-corrected chi connectivity index (χ0v) is 51.7. The summed E-state index contributed by atoms with van der Waals surface area (Å²) in [5.74, 6) is 1.31. The lowest BCUT2D eigenvalue weighted by Gasteiger charge is -2.46. The number of nitrogens with zero attached hydrogens (tertiary/aromatic N) is 7. The minimum atomic E-state index is -1.17. The molecule has 3 aromatic heterocycles. The maximum atomic E-state index is 13.1. The van der Waals surface area contributed by atoms with Crippen molar-refractivity contribution >= 4 is 57.3 Å². The number of rotatable bonds is 36. The van der Waals surface area contributed by atoms with E-state index in [1.807, 2.05) is 6.07 Å². The van der Waals surface area contributed by atoms with E-state index in [0.717, 1.165) is 104 Å². The van der Waals surface area contributed by atoms with Gasteiger partial charge in [0.25, 0.3) is 11.8 Å². The Hall–Kier alpha value is -6.33. The fraction of sp³-hybridized carbons (Fsp3) is 0.621. The fourth-order valence-electron chi connectivity index (χ4n) is 12.4. The van der Waals surface area contributed by atoms with Gasteiger partial charge in [0, 0.05) is 76.2 Å². The highest BCUT2D eigenvalue weighted by Crippen LogP contribution is 2.39. The summed E-state index contributed by atoms with van der Waals surface area (Å²) in [6.45, 7) is 18.9. The van der Waals surface area contributed by atoms with E-state index >= 15 is 0 Å². The van der Waals surface area contributed by atoms with E-state index in [-0.39, 0.29) is 28.9 Å². The Morgan fingerprint density at radius 1 is 0.805 bits per heavy atom. The minimum absolute atomic E-state index is 0.0796. The Balaban J connectivity index is 0.559. The van der Waals surface area contributed by atoms with Crippen molar-refractivity contribution in [2.24, 2.45) is 5.92 Å². The van der Waals surface area contributed by atoms with Crippen LogP contribution in [0.25, 0.3) is 22.2 Å². The topological polar surface area (TPSA) is 266 Å².